The number of nitrogens with one attached hydrogen (secondary N) is 1. The number of rotatable bonds is 8. The van der Waals surface area contributed by atoms with Crippen LogP contribution in [-0.4, -0.2) is 35.2 Å². The normalized spacial score (nSPS) is 23.8. The monoisotopic (exact) mass is 571 g/mol. The molecule has 2 aliphatic rings. The third kappa shape index (κ3) is 7.35. The van der Waals surface area contributed by atoms with Gasteiger partial charge in [0.2, 0.25) is 5.91 Å². The van der Waals surface area contributed by atoms with E-state index in [0.717, 1.165) is 56.2 Å². The molecule has 5 nitrogen and oxygen atoms in total. The summed E-state index contributed by atoms with van der Waals surface area (Å²) in [7, 11) is 0. The molecule has 1 aliphatic carbocycles. The van der Waals surface area contributed by atoms with E-state index in [1.807, 2.05) is 23.1 Å². The molecule has 1 saturated carbocycles. The van der Waals surface area contributed by atoms with Gasteiger partial charge in [0.1, 0.15) is 12.0 Å². The zero-order valence-electron chi connectivity index (χ0n) is 23.3. The quantitative estimate of drug-likeness (QED) is 0.264. The largest absolute Gasteiger partial charge is 0.419 e. The van der Waals surface area contributed by atoms with E-state index in [1.165, 1.54) is 6.08 Å². The molecular formula is C32H37F4N3O2. The number of hydrogen-bond acceptors (Lipinski definition) is 4. The van der Waals surface area contributed by atoms with Crippen LogP contribution in [0.1, 0.15) is 68.6 Å². The van der Waals surface area contributed by atoms with Crippen LogP contribution in [0.5, 0.6) is 0 Å². The van der Waals surface area contributed by atoms with Crippen molar-refractivity contribution in [2.75, 3.05) is 18.4 Å². The van der Waals surface area contributed by atoms with E-state index >= 15 is 0 Å². The van der Waals surface area contributed by atoms with Crippen molar-refractivity contribution in [3.05, 3.63) is 77.6 Å². The summed E-state index contributed by atoms with van der Waals surface area (Å²) in [5.41, 5.74) is 0.0677. The summed E-state index contributed by atoms with van der Waals surface area (Å²) in [6, 6.07) is 12.3. The molecule has 2 unspecified atom stereocenters. The van der Waals surface area contributed by atoms with E-state index in [0.29, 0.717) is 31.1 Å². The summed E-state index contributed by atoms with van der Waals surface area (Å²) in [4.78, 5) is 15.6. The number of alkyl halides is 3. The molecule has 0 spiro atoms. The van der Waals surface area contributed by atoms with Crippen LogP contribution in [0.3, 0.4) is 0 Å². The number of anilines is 1. The predicted octanol–water partition coefficient (Wildman–Crippen LogP) is 7.03. The molecule has 2 N–H and O–H groups in total. The van der Waals surface area contributed by atoms with E-state index in [4.69, 9.17) is 0 Å². The van der Waals surface area contributed by atoms with E-state index < -0.39 is 29.7 Å². The minimum atomic E-state index is -4.87. The van der Waals surface area contributed by atoms with Crippen LogP contribution in [0.4, 0.5) is 23.2 Å². The highest BCUT2D eigenvalue weighted by Crippen LogP contribution is 2.45. The van der Waals surface area contributed by atoms with Gasteiger partial charge in [-0.05, 0) is 104 Å². The van der Waals surface area contributed by atoms with Crippen LogP contribution >= 0.6 is 0 Å². The van der Waals surface area contributed by atoms with Gasteiger partial charge in [0.05, 0.1) is 17.2 Å². The predicted molar refractivity (Wildman–Crippen MR) is 149 cm³/mol. The third-order valence-corrected chi connectivity index (χ3v) is 9.09. The second-order valence-electron chi connectivity index (χ2n) is 11.7. The molecule has 1 amide bonds. The summed E-state index contributed by atoms with van der Waals surface area (Å²) in [6.07, 6.45) is 1.21. The first kappa shape index (κ1) is 30.7. The van der Waals surface area contributed by atoms with Gasteiger partial charge in [-0.1, -0.05) is 25.6 Å². The number of likely N-dealkylation sites (tertiary alicyclic amines) is 1. The van der Waals surface area contributed by atoms with Crippen molar-refractivity contribution in [2.24, 2.45) is 17.8 Å². The number of piperidine rings is 1. The SMILES string of the molecule is C=CC(O)N1CCC(CC(C(=O)Nc2ccc(F)c(C(F)(F)F)c2)C2CCC(C)(c3cccc(C#N)c3)CC2)CC1. The maximum absolute atomic E-state index is 13.9. The Hall–Kier alpha value is -3.22. The molecule has 9 heteroatoms. The lowest BCUT2D eigenvalue weighted by molar-refractivity contribution is -0.140. The van der Waals surface area contributed by atoms with Gasteiger partial charge in [0.25, 0.3) is 0 Å². The lowest BCUT2D eigenvalue weighted by atomic mass is 9.64. The summed E-state index contributed by atoms with van der Waals surface area (Å²) in [5, 5.41) is 22.1. The van der Waals surface area contributed by atoms with Crippen molar-refractivity contribution in [1.82, 2.24) is 4.90 Å². The summed E-state index contributed by atoms with van der Waals surface area (Å²) in [6.45, 7) is 7.14. The van der Waals surface area contributed by atoms with Crippen molar-refractivity contribution < 1.29 is 27.5 Å². The van der Waals surface area contributed by atoms with Gasteiger partial charge in [-0.2, -0.15) is 18.4 Å². The molecule has 2 aromatic rings. The van der Waals surface area contributed by atoms with Crippen LogP contribution in [0, 0.1) is 34.9 Å². The fourth-order valence-corrected chi connectivity index (χ4v) is 6.46. The lowest BCUT2D eigenvalue weighted by Crippen LogP contribution is -2.42. The topological polar surface area (TPSA) is 76.4 Å². The Morgan fingerprint density at radius 1 is 1.20 bits per heavy atom. The summed E-state index contributed by atoms with van der Waals surface area (Å²) >= 11 is 0. The van der Waals surface area contributed by atoms with Crippen molar-refractivity contribution in [3.8, 4) is 6.07 Å². The Morgan fingerprint density at radius 3 is 2.49 bits per heavy atom. The maximum Gasteiger partial charge on any atom is 0.419 e. The summed E-state index contributed by atoms with van der Waals surface area (Å²) in [5.74, 6) is -1.91. The minimum absolute atomic E-state index is 0.0292. The highest BCUT2D eigenvalue weighted by Gasteiger charge is 2.40. The third-order valence-electron chi connectivity index (χ3n) is 9.09. The molecule has 2 atom stereocenters. The minimum Gasteiger partial charge on any atom is -0.375 e. The van der Waals surface area contributed by atoms with Crippen LogP contribution in [0.2, 0.25) is 0 Å². The van der Waals surface area contributed by atoms with Crippen molar-refractivity contribution >= 4 is 11.6 Å². The Bertz CT molecular complexity index is 1270. The Labute approximate surface area is 238 Å². The van der Waals surface area contributed by atoms with Crippen LogP contribution in [-0.2, 0) is 16.4 Å². The van der Waals surface area contributed by atoms with Gasteiger partial charge in [-0.25, -0.2) is 4.39 Å². The Morgan fingerprint density at radius 2 is 1.88 bits per heavy atom. The molecule has 2 aromatic carbocycles. The molecular weight excluding hydrogens is 534 g/mol. The Kier molecular flexibility index (Phi) is 9.55. The average Bonchev–Trinajstić information content (AvgIpc) is 2.96. The number of nitriles is 1. The molecule has 0 bridgehead atoms. The van der Waals surface area contributed by atoms with Crippen LogP contribution in [0.25, 0.3) is 0 Å². The molecule has 41 heavy (non-hydrogen) atoms. The number of hydrogen-bond donors (Lipinski definition) is 2. The van der Waals surface area contributed by atoms with Crippen molar-refractivity contribution in [1.29, 1.82) is 5.26 Å². The number of benzene rings is 2. The molecule has 2 fully saturated rings. The van der Waals surface area contributed by atoms with Gasteiger partial charge >= 0.3 is 6.18 Å². The zero-order valence-corrected chi connectivity index (χ0v) is 23.3. The van der Waals surface area contributed by atoms with E-state index in [1.54, 1.807) is 6.07 Å². The number of amides is 1. The average molecular weight is 572 g/mol. The fraction of sp³-hybridized carbons (Fsp3) is 0.500. The Balaban J connectivity index is 1.51. The number of carbonyl (C=O) groups excluding carboxylic acids is 1. The smallest absolute Gasteiger partial charge is 0.375 e. The molecule has 4 rings (SSSR count). The molecule has 1 aliphatic heterocycles. The molecule has 0 radical (unpaired) electrons. The first-order chi connectivity index (χ1) is 19.4. The standard InChI is InChI=1S/C32H37F4N3O2/c1-3-29(40)39-15-11-21(12-16-39)18-26(30(41)38-25-7-8-28(33)27(19-25)32(34,35)36)23-9-13-31(2,14-10-23)24-6-4-5-22(17-24)20-37/h3-8,17,19,21,23,26,29,40H,1,9-16,18H2,2H3,(H,38,41). The van der Waals surface area contributed by atoms with E-state index in [9.17, 15) is 32.7 Å². The molecule has 1 heterocycles. The number of aliphatic hydroxyl groups is 1. The molecule has 0 aromatic heterocycles. The molecule has 1 saturated heterocycles. The lowest BCUT2D eigenvalue weighted by Gasteiger charge is -2.42. The number of halogens is 4. The van der Waals surface area contributed by atoms with Gasteiger partial charge in [0.15, 0.2) is 0 Å². The summed E-state index contributed by atoms with van der Waals surface area (Å²) < 4.78 is 53.8. The second kappa shape index (κ2) is 12.7. The first-order valence-corrected chi connectivity index (χ1v) is 14.2. The van der Waals surface area contributed by atoms with Gasteiger partial charge < -0.3 is 10.4 Å². The van der Waals surface area contributed by atoms with Gasteiger partial charge in [-0.15, -0.1) is 0 Å². The highest BCUT2D eigenvalue weighted by molar-refractivity contribution is 5.92. The fourth-order valence-electron chi connectivity index (χ4n) is 6.46. The van der Waals surface area contributed by atoms with Crippen molar-refractivity contribution in [2.45, 2.75) is 69.7 Å². The number of aliphatic hydroxyl groups excluding tert-OH is 1. The van der Waals surface area contributed by atoms with Crippen molar-refractivity contribution in [3.63, 3.8) is 0 Å². The second-order valence-corrected chi connectivity index (χ2v) is 11.7. The first-order valence-electron chi connectivity index (χ1n) is 14.2. The van der Waals surface area contributed by atoms with Crippen LogP contribution < -0.4 is 5.32 Å². The maximum atomic E-state index is 13.9. The zero-order chi connectivity index (χ0) is 29.8. The highest BCUT2D eigenvalue weighted by atomic mass is 19.4. The van der Waals surface area contributed by atoms with Gasteiger partial charge in [0, 0.05) is 24.7 Å². The van der Waals surface area contributed by atoms with E-state index in [2.05, 4.69) is 24.9 Å². The van der Waals surface area contributed by atoms with Crippen LogP contribution in [0.15, 0.2) is 55.1 Å². The van der Waals surface area contributed by atoms with Gasteiger partial charge in [-0.3, -0.25) is 9.69 Å². The molecule has 220 valence electrons. The van der Waals surface area contributed by atoms with E-state index in [-0.39, 0.29) is 28.8 Å². The number of carbonyl (C=O) groups is 1. The number of nitrogens with zero attached hydrogens (tertiary/aromatic N) is 2.